The quantitative estimate of drug-likeness (QED) is 0.386. The summed E-state index contributed by atoms with van der Waals surface area (Å²) < 4.78 is 81.1. The zero-order valence-electron chi connectivity index (χ0n) is 20.4. The fraction of sp³-hybridized carbons (Fsp3) is 0.391. The summed E-state index contributed by atoms with van der Waals surface area (Å²) in [6.45, 7) is -2.77. The van der Waals surface area contributed by atoms with Crippen LogP contribution in [0, 0.1) is 11.3 Å². The molecule has 12 nitrogen and oxygen atoms in total. The largest absolute Gasteiger partial charge is 0.465 e. The number of halogens is 4. The number of anilines is 2. The van der Waals surface area contributed by atoms with Gasteiger partial charge in [-0.05, 0) is 36.2 Å². The summed E-state index contributed by atoms with van der Waals surface area (Å²) in [7, 11) is -4.36. The summed E-state index contributed by atoms with van der Waals surface area (Å²) in [4.78, 5) is 27.3. The van der Waals surface area contributed by atoms with Crippen LogP contribution in [0.5, 0.6) is 0 Å². The Kier molecular flexibility index (Phi) is 6.50. The van der Waals surface area contributed by atoms with Gasteiger partial charge in [-0.15, -0.1) is 0 Å². The van der Waals surface area contributed by atoms with Crippen LogP contribution in [0.4, 0.5) is 33.9 Å². The average Bonchev–Trinajstić information content (AvgIpc) is 3.34. The van der Waals surface area contributed by atoms with Crippen molar-refractivity contribution < 1.29 is 35.9 Å². The number of carbonyl (C=O) groups is 1. The Labute approximate surface area is 223 Å². The van der Waals surface area contributed by atoms with Crippen molar-refractivity contribution in [2.75, 3.05) is 25.0 Å². The fourth-order valence-electron chi connectivity index (χ4n) is 5.19. The number of hydrogen-bond donors (Lipinski definition) is 3. The van der Waals surface area contributed by atoms with E-state index in [4.69, 9.17) is 0 Å². The molecule has 0 saturated carbocycles. The number of likely N-dealkylation sites (tertiary alicyclic amines) is 1. The second kappa shape index (κ2) is 9.48. The van der Waals surface area contributed by atoms with Crippen LogP contribution in [0.2, 0.25) is 0 Å². The molecule has 0 bridgehead atoms. The van der Waals surface area contributed by atoms with E-state index in [1.54, 1.807) is 0 Å². The van der Waals surface area contributed by atoms with E-state index in [1.165, 1.54) is 29.1 Å². The molecule has 0 spiro atoms. The number of piperidine rings is 1. The van der Waals surface area contributed by atoms with E-state index in [1.807, 2.05) is 6.07 Å². The van der Waals surface area contributed by atoms with Crippen molar-refractivity contribution in [3.05, 3.63) is 46.4 Å². The van der Waals surface area contributed by atoms with Gasteiger partial charge in [0.25, 0.3) is 5.56 Å². The molecule has 2 atom stereocenters. The number of fused-ring (bicyclic) bond motifs is 2. The first kappa shape index (κ1) is 27.4. The summed E-state index contributed by atoms with van der Waals surface area (Å²) in [5.74, 6) is -0.0741. The Hall–Kier alpha value is -4.17. The molecule has 1 fully saturated rings. The Bertz CT molecular complexity index is 1710. The van der Waals surface area contributed by atoms with Gasteiger partial charge in [0.15, 0.2) is 5.82 Å². The van der Waals surface area contributed by atoms with E-state index in [0.29, 0.717) is 4.31 Å². The molecule has 2 unspecified atom stereocenters. The maximum absolute atomic E-state index is 15.7. The molecule has 1 saturated heterocycles. The number of hydrogen-bond acceptors (Lipinski definition) is 7. The maximum Gasteiger partial charge on any atom is 0.407 e. The average molecular weight is 584 g/mol. The van der Waals surface area contributed by atoms with E-state index in [-0.39, 0.29) is 52.3 Å². The molecule has 17 heteroatoms. The Balaban J connectivity index is 1.55. The first-order valence-electron chi connectivity index (χ1n) is 11.8. The van der Waals surface area contributed by atoms with Gasteiger partial charge in [-0.25, -0.2) is 17.6 Å². The molecular weight excluding hydrogens is 562 g/mol. The minimum Gasteiger partial charge on any atom is -0.465 e. The predicted molar refractivity (Wildman–Crippen MR) is 131 cm³/mol. The lowest BCUT2D eigenvalue weighted by Gasteiger charge is -2.42. The number of amides is 1. The summed E-state index contributed by atoms with van der Waals surface area (Å²) in [5, 5.41) is 26.1. The smallest absolute Gasteiger partial charge is 0.407 e. The number of benzene rings is 1. The van der Waals surface area contributed by atoms with Crippen LogP contribution in [0.15, 0.2) is 40.2 Å². The first-order chi connectivity index (χ1) is 18.8. The van der Waals surface area contributed by atoms with Crippen molar-refractivity contribution >= 4 is 38.5 Å². The number of pyridine rings is 1. The number of nitriles is 1. The lowest BCUT2D eigenvalue weighted by molar-refractivity contribution is -0.136. The van der Waals surface area contributed by atoms with Crippen LogP contribution in [-0.4, -0.2) is 75.6 Å². The minimum absolute atomic E-state index is 0.0144. The zero-order chi connectivity index (χ0) is 29.0. The summed E-state index contributed by atoms with van der Waals surface area (Å²) in [6, 6.07) is 7.14. The molecule has 2 aromatic heterocycles. The third-order valence-electron chi connectivity index (χ3n) is 7.10. The molecular formula is C23H21F4N7O5S. The normalized spacial score (nSPS) is 22.7. The van der Waals surface area contributed by atoms with Crippen molar-refractivity contribution in [1.29, 1.82) is 5.26 Å². The molecule has 4 heterocycles. The number of nitrogens with one attached hydrogen (secondary N) is 2. The van der Waals surface area contributed by atoms with Crippen molar-refractivity contribution in [1.82, 2.24) is 24.0 Å². The molecule has 1 amide bonds. The van der Waals surface area contributed by atoms with Gasteiger partial charge in [-0.3, -0.25) is 9.48 Å². The Morgan fingerprint density at radius 2 is 2.08 bits per heavy atom. The number of aromatic amines is 1. The number of aromatic nitrogens is 3. The van der Waals surface area contributed by atoms with Gasteiger partial charge in [-0.2, -0.15) is 27.8 Å². The second-order valence-corrected chi connectivity index (χ2v) is 11.5. The lowest BCUT2D eigenvalue weighted by atomic mass is 9.83. The van der Waals surface area contributed by atoms with Crippen LogP contribution in [0.1, 0.15) is 18.4 Å². The molecule has 2 aliphatic heterocycles. The zero-order valence-corrected chi connectivity index (χ0v) is 21.3. The lowest BCUT2D eigenvalue weighted by Crippen LogP contribution is -2.56. The molecule has 1 aromatic carbocycles. The van der Waals surface area contributed by atoms with Gasteiger partial charge < -0.3 is 20.3 Å². The van der Waals surface area contributed by atoms with E-state index >= 15 is 4.39 Å². The number of sulfonamides is 1. The van der Waals surface area contributed by atoms with Crippen LogP contribution in [0.25, 0.3) is 10.9 Å². The van der Waals surface area contributed by atoms with Crippen molar-refractivity contribution in [2.24, 2.45) is 0 Å². The van der Waals surface area contributed by atoms with Crippen molar-refractivity contribution in [3.8, 4) is 6.07 Å². The first-order valence-corrected chi connectivity index (χ1v) is 13.3. The minimum atomic E-state index is -4.74. The molecule has 2 aliphatic rings. The standard InChI is InChI=1S/C23H21F4N7O5S/c24-17-11-32(21(36)37)8-5-22(17,4-6-28)34-15-3-7-29-20(35)18(15)19(31-34)30-14-1-2-16-13(9-14)10-33(40(16,38)39)12-23(25,26)27/h1-3,7,9,17H,4-5,8,10-12H2,(H,29,35)(H,30,31)(H,36,37). The van der Waals surface area contributed by atoms with Crippen LogP contribution in [-0.2, 0) is 22.1 Å². The van der Waals surface area contributed by atoms with Gasteiger partial charge in [0.2, 0.25) is 10.0 Å². The predicted octanol–water partition coefficient (Wildman–Crippen LogP) is 2.87. The molecule has 40 heavy (non-hydrogen) atoms. The highest BCUT2D eigenvalue weighted by atomic mass is 32.2. The van der Waals surface area contributed by atoms with Gasteiger partial charge in [0.1, 0.15) is 23.6 Å². The highest BCUT2D eigenvalue weighted by Gasteiger charge is 2.48. The van der Waals surface area contributed by atoms with Crippen LogP contribution < -0.4 is 10.9 Å². The number of alkyl halides is 4. The molecule has 212 valence electrons. The van der Waals surface area contributed by atoms with Gasteiger partial charge in [0.05, 0.1) is 29.4 Å². The highest BCUT2D eigenvalue weighted by molar-refractivity contribution is 7.89. The fourth-order valence-corrected chi connectivity index (χ4v) is 6.79. The number of nitrogens with zero attached hydrogens (tertiary/aromatic N) is 5. The second-order valence-electron chi connectivity index (χ2n) is 9.55. The van der Waals surface area contributed by atoms with Gasteiger partial charge >= 0.3 is 12.3 Å². The molecule has 0 aliphatic carbocycles. The SMILES string of the molecule is N#CCC1(n2nc(Nc3ccc4c(c3)CN(CC(F)(F)F)S4(=O)=O)c3c(=O)[nH]ccc32)CCN(C(=O)O)CC1F. The molecule has 0 radical (unpaired) electrons. The topological polar surface area (TPSA) is 164 Å². The van der Waals surface area contributed by atoms with E-state index < -0.39 is 59.2 Å². The third kappa shape index (κ3) is 4.52. The van der Waals surface area contributed by atoms with Gasteiger partial charge in [0, 0.05) is 25.0 Å². The molecule has 3 aromatic rings. The number of H-pyrrole nitrogens is 1. The molecule has 3 N–H and O–H groups in total. The van der Waals surface area contributed by atoms with Crippen molar-refractivity contribution in [2.45, 2.75) is 42.2 Å². The summed E-state index contributed by atoms with van der Waals surface area (Å²) in [5.41, 5.74) is -1.76. The monoisotopic (exact) mass is 583 g/mol. The van der Waals surface area contributed by atoms with E-state index in [9.17, 15) is 41.5 Å². The van der Waals surface area contributed by atoms with Crippen molar-refractivity contribution in [3.63, 3.8) is 0 Å². The van der Waals surface area contributed by atoms with Gasteiger partial charge in [-0.1, -0.05) is 0 Å². The summed E-state index contributed by atoms with van der Waals surface area (Å²) >= 11 is 0. The Morgan fingerprint density at radius 3 is 2.73 bits per heavy atom. The van der Waals surface area contributed by atoms with E-state index in [2.05, 4.69) is 15.4 Å². The number of carboxylic acid groups (broad SMARTS) is 1. The number of rotatable bonds is 5. The van der Waals surface area contributed by atoms with Crippen LogP contribution >= 0.6 is 0 Å². The Morgan fingerprint density at radius 1 is 1.32 bits per heavy atom. The highest BCUT2D eigenvalue weighted by Crippen LogP contribution is 2.40. The van der Waals surface area contributed by atoms with E-state index in [0.717, 1.165) is 11.0 Å². The van der Waals surface area contributed by atoms with Crippen LogP contribution in [0.3, 0.4) is 0 Å². The maximum atomic E-state index is 15.7. The third-order valence-corrected chi connectivity index (χ3v) is 9.00. The summed E-state index contributed by atoms with van der Waals surface area (Å²) in [6.07, 6.45) is -7.08. The molecule has 5 rings (SSSR count).